The average Bonchev–Trinajstić information content (AvgIpc) is 1.72. The summed E-state index contributed by atoms with van der Waals surface area (Å²) in [5.74, 6) is -21.8. The van der Waals surface area contributed by atoms with Gasteiger partial charge in [0.25, 0.3) is 5.91 Å². The minimum Gasteiger partial charge on any atom is -0.481 e. The molecule has 0 saturated carbocycles. The van der Waals surface area contributed by atoms with Crippen LogP contribution in [-0.2, 0) is 102 Å². The van der Waals surface area contributed by atoms with Crippen LogP contribution in [0.2, 0.25) is 0 Å². The molecular weight excluding hydrogens is 1830 g/mol. The van der Waals surface area contributed by atoms with Crippen LogP contribution in [0.4, 0.5) is 0 Å². The molecule has 0 aliphatic carbocycles. The summed E-state index contributed by atoms with van der Waals surface area (Å²) in [7, 11) is 7.94. The molecule has 0 spiro atoms. The van der Waals surface area contributed by atoms with Crippen LogP contribution >= 0.6 is 86.4 Å². The molecule has 5 aliphatic heterocycles. The molecule has 5 heterocycles. The van der Waals surface area contributed by atoms with Crippen molar-refractivity contribution in [2.75, 3.05) is 50.0 Å². The van der Waals surface area contributed by atoms with E-state index in [2.05, 4.69) is 102 Å². The first-order chi connectivity index (χ1) is 61.0. The number of rotatable bonds is 18. The van der Waals surface area contributed by atoms with Gasteiger partial charge in [-0.1, -0.05) is 185 Å². The summed E-state index contributed by atoms with van der Waals surface area (Å²) in [6.45, 7) is 20.5. The third-order valence-electron chi connectivity index (χ3n) is 20.8. The van der Waals surface area contributed by atoms with Crippen LogP contribution in [-0.4, -0.2) is 284 Å². The van der Waals surface area contributed by atoms with Gasteiger partial charge in [0.05, 0.1) is 37.9 Å². The predicted molar refractivity (Wildman–Crippen MR) is 496 cm³/mol. The van der Waals surface area contributed by atoms with E-state index in [0.717, 1.165) is 64.8 Å². The largest absolute Gasteiger partial charge is 0.481 e. The summed E-state index contributed by atoms with van der Waals surface area (Å²) >= 11 is 0. The first-order valence-electron chi connectivity index (χ1n) is 42.1. The zero-order valence-corrected chi connectivity index (χ0v) is 80.2. The molecule has 0 aromatic heterocycles. The summed E-state index contributed by atoms with van der Waals surface area (Å²) < 4.78 is 0. The summed E-state index contributed by atoms with van der Waals surface area (Å²) in [4.78, 5) is 288. The van der Waals surface area contributed by atoms with Gasteiger partial charge in [0.2, 0.25) is 106 Å². The van der Waals surface area contributed by atoms with E-state index in [1.54, 1.807) is 78.8 Å². The Morgan fingerprint density at radius 2 is 1.12 bits per heavy atom. The van der Waals surface area contributed by atoms with Crippen LogP contribution in [0.1, 0.15) is 134 Å². The van der Waals surface area contributed by atoms with E-state index < -0.39 is 298 Å². The van der Waals surface area contributed by atoms with Gasteiger partial charge in [0, 0.05) is 63.8 Å². The zero-order valence-electron chi connectivity index (χ0n) is 73.7. The molecule has 1 aromatic rings. The topological polar surface area (TPSA) is 607 Å². The fraction of sp³-hybridized carbons (Fsp3) is 0.625. The van der Waals surface area contributed by atoms with Gasteiger partial charge >= 0.3 is 5.97 Å². The quantitative estimate of drug-likeness (QED) is 0.0423. The monoisotopic (exact) mass is 1950 g/mol. The lowest BCUT2D eigenvalue weighted by Crippen LogP contribution is -2.62. The summed E-state index contributed by atoms with van der Waals surface area (Å²) in [5, 5.41) is 54.0. The molecule has 714 valence electrons. The second-order valence-corrected chi connectivity index (χ2v) is 43.5. The van der Waals surface area contributed by atoms with E-state index in [1.807, 2.05) is 0 Å². The number of fused-ring (bicyclic) bond motifs is 10. The highest BCUT2D eigenvalue weighted by atomic mass is 33.1. The maximum absolute atomic E-state index is 15.9. The van der Waals surface area contributed by atoms with Gasteiger partial charge in [-0.2, -0.15) is 0 Å². The van der Waals surface area contributed by atoms with Crippen LogP contribution in [0.3, 0.4) is 0 Å². The predicted octanol–water partition coefficient (Wildman–Crippen LogP) is -2.16. The minimum atomic E-state index is -1.83. The summed E-state index contributed by atoms with van der Waals surface area (Å²) in [6.07, 6.45) is 0.356. The van der Waals surface area contributed by atoms with Gasteiger partial charge < -0.3 is 111 Å². The number of nitrogens with zero attached hydrogens (tertiary/aromatic N) is 1. The van der Waals surface area contributed by atoms with Crippen molar-refractivity contribution in [1.82, 2.24) is 101 Å². The molecule has 4 saturated heterocycles. The highest BCUT2D eigenvalue weighted by molar-refractivity contribution is 8.78. The van der Waals surface area contributed by atoms with Crippen molar-refractivity contribution in [3.8, 4) is 0 Å². The van der Waals surface area contributed by atoms with Crippen LogP contribution < -0.4 is 101 Å². The number of nitrogens with one attached hydrogen (secondary N) is 18. The van der Waals surface area contributed by atoms with Crippen molar-refractivity contribution < 1.29 is 101 Å². The van der Waals surface area contributed by atoms with Gasteiger partial charge in [-0.15, -0.1) is 0 Å². The Labute approximate surface area is 780 Å². The van der Waals surface area contributed by atoms with Crippen LogP contribution in [0.5, 0.6) is 0 Å². The highest BCUT2D eigenvalue weighted by Gasteiger charge is 2.44. The molecule has 0 radical (unpaired) electrons. The Kier molecular flexibility index (Phi) is 45.5. The van der Waals surface area contributed by atoms with E-state index in [1.165, 1.54) is 72.7 Å². The molecule has 6 rings (SSSR count). The van der Waals surface area contributed by atoms with E-state index in [-0.39, 0.29) is 43.9 Å². The molecule has 4 fully saturated rings. The molecular formula is C80H120N20O21S8. The Morgan fingerprint density at radius 3 is 1.74 bits per heavy atom. The molecule has 1 aromatic carbocycles. The maximum Gasteiger partial charge on any atom is 0.303 e. The highest BCUT2D eigenvalue weighted by Crippen LogP contribution is 2.35. The lowest BCUT2D eigenvalue weighted by atomic mass is 9.98. The second-order valence-electron chi connectivity index (χ2n) is 32.6. The number of hydrogen-bond donors (Lipinski definition) is 20. The zero-order chi connectivity index (χ0) is 95.6. The number of hydrogen-bond acceptors (Lipinski definition) is 29. The molecule has 5 aliphatic rings. The Bertz CT molecular complexity index is 4260. The SMILES string of the molecule is C=C1NC(=O)[C@@H]2NC(=O)[C@H](CC(C)C)NC(=O)C(NC(=O)C3CSS[C@@H](C)[C@@H](NC(=O)[C@H](Cc4ccccc4)NC(=O)[C@@H]4NC(=O)[C@@H](N)CSS[C@H]4C)C(=O)N[C@@H](CC(C)C)C(=O)N4CCC[C@H]4C(=O)NCC(=O)NCC(=O)NCC(=O)NCC(=O)N[C@@H](C(C)C)C(=O)N3)[C@H](C)SSC[C@H](NC(=O)[C@H](CCC(=O)O)NC1=O)C(=O)N[C@@H]([C@@H](C)CC)C(=O)NC=CSS[C@H]2C. The number of aliphatic carboxylic acids is 1. The average molecular weight is 1950 g/mol. The summed E-state index contributed by atoms with van der Waals surface area (Å²) in [6, 6.07) is -12.6. The number of carboxylic acid groups (broad SMARTS) is 1. The standard InChI is InChI=1S/C80H120N20O21S8/c1-14-40(8)61-74(115)82-24-26-122-126-42(10)62-76(117)87-41(9)66(107)88-48(22-23-59(105)106)68(109)92-52(71(112)95-61)35-124-128-44(12)64(78(119)89-49(27-37(2)3)69(110)97-62)99-72(113)53-36-125-129-45(13)65(98-70(111)50(29-46-19-16-15-17-20-46)90-77(118)63-43(11)127-123-34-47(81)67(108)96-63)79(120)91-51(28-38(4)5)80(121)100-25-18-21-54(100)73(114)86-32-57(103)84-30-55(101)83-31-56(102)85-33-58(104)94-60(39(6)7)75(116)93-53/h15-17,19-20,24,26,37-40,42-45,47-54,60-65H,9,14,18,21-23,25,27-36,81H2,1-8,10-13H3,(H,82,115)(H,83,101)(H,84,103)(H,85,102)(H,86,114)(H,87,117)(H,88,107)(H,89,119)(H,90,118)(H,91,120)(H,92,109)(H,93,116)(H,94,104)(H,95,112)(H,96,108)(H,97,110)(H,98,111)(H,99,113)(H,105,106)/t40-,42-,43-,44-,45-,47-,48-,49-,50-,51-,52-,53?,54-,60-,61-,62+,63+,64?,65+/m0/s1. The number of carbonyl (C=O) groups is 20. The van der Waals surface area contributed by atoms with Gasteiger partial charge in [-0.3, -0.25) is 95.9 Å². The molecule has 2 bridgehead atoms. The number of carbonyl (C=O) groups excluding carboxylic acids is 19. The number of nitrogens with two attached hydrogens (primary N) is 1. The summed E-state index contributed by atoms with van der Waals surface area (Å²) in [5.41, 5.74) is 6.01. The van der Waals surface area contributed by atoms with Crippen LogP contribution in [0.25, 0.3) is 0 Å². The molecule has 19 atom stereocenters. The Morgan fingerprint density at radius 1 is 0.550 bits per heavy atom. The van der Waals surface area contributed by atoms with Crippen molar-refractivity contribution in [3.63, 3.8) is 0 Å². The van der Waals surface area contributed by atoms with Crippen molar-refractivity contribution >= 4 is 205 Å². The van der Waals surface area contributed by atoms with Gasteiger partial charge in [0.15, 0.2) is 0 Å². The fourth-order valence-electron chi connectivity index (χ4n) is 13.3. The maximum atomic E-state index is 15.9. The molecule has 19 amide bonds. The van der Waals surface area contributed by atoms with E-state index in [0.29, 0.717) is 18.4 Å². The number of benzene rings is 1. The van der Waals surface area contributed by atoms with Crippen molar-refractivity contribution in [2.24, 2.45) is 29.4 Å². The third kappa shape index (κ3) is 35.5. The van der Waals surface area contributed by atoms with E-state index in [4.69, 9.17) is 5.73 Å². The van der Waals surface area contributed by atoms with Crippen molar-refractivity contribution in [3.05, 3.63) is 59.8 Å². The molecule has 21 N–H and O–H groups in total. The Hall–Kier alpha value is -9.14. The lowest BCUT2D eigenvalue weighted by Gasteiger charge is -2.32. The van der Waals surface area contributed by atoms with Crippen molar-refractivity contribution in [2.45, 2.75) is 240 Å². The van der Waals surface area contributed by atoms with Crippen molar-refractivity contribution in [1.29, 1.82) is 0 Å². The number of carboxylic acids is 1. The van der Waals surface area contributed by atoms with E-state index in [9.17, 15) is 67.4 Å². The molecule has 2 unspecified atom stereocenters. The van der Waals surface area contributed by atoms with Gasteiger partial charge in [-0.25, -0.2) is 0 Å². The van der Waals surface area contributed by atoms with Crippen LogP contribution in [0.15, 0.2) is 54.2 Å². The minimum absolute atomic E-state index is 0.0169. The first kappa shape index (κ1) is 109. The second kappa shape index (κ2) is 54.0. The number of amides is 19. The normalized spacial score (nSPS) is 28.6. The van der Waals surface area contributed by atoms with Gasteiger partial charge in [0.1, 0.15) is 78.5 Å². The van der Waals surface area contributed by atoms with Crippen LogP contribution in [0, 0.1) is 23.7 Å². The van der Waals surface area contributed by atoms with Gasteiger partial charge in [-0.05, 0) is 94.4 Å². The third-order valence-corrected chi connectivity index (χ3v) is 32.0. The first-order valence-corrected chi connectivity index (χ1v) is 51.5. The molecule has 49 heteroatoms. The fourth-order valence-corrected chi connectivity index (χ4v) is 22.9. The Balaban J connectivity index is 1.52. The lowest BCUT2D eigenvalue weighted by molar-refractivity contribution is -0.142. The smallest absolute Gasteiger partial charge is 0.303 e. The molecule has 41 nitrogen and oxygen atoms in total. The molecule has 129 heavy (non-hydrogen) atoms. The van der Waals surface area contributed by atoms with E-state index >= 15 is 33.6 Å².